The molecule has 1 aliphatic carbocycles. The topological polar surface area (TPSA) is 75.7 Å². The molecule has 7 heteroatoms. The fraction of sp³-hybridized carbons (Fsp3) is 0.400. The highest BCUT2D eigenvalue weighted by atomic mass is 19.1. The number of imide groups is 1. The Hall–Kier alpha value is -2.44. The van der Waals surface area contributed by atoms with E-state index in [-0.39, 0.29) is 36.0 Å². The van der Waals surface area contributed by atoms with Gasteiger partial charge in [-0.25, -0.2) is 9.18 Å². The van der Waals surface area contributed by atoms with Crippen LogP contribution in [0.1, 0.15) is 35.2 Å². The number of amides is 3. The van der Waals surface area contributed by atoms with Crippen LogP contribution in [0.3, 0.4) is 0 Å². The molecule has 3 rings (SSSR count). The van der Waals surface area contributed by atoms with Gasteiger partial charge in [-0.05, 0) is 18.1 Å². The van der Waals surface area contributed by atoms with Gasteiger partial charge in [0.25, 0.3) is 5.91 Å². The van der Waals surface area contributed by atoms with Crippen LogP contribution in [-0.4, -0.2) is 42.3 Å². The van der Waals surface area contributed by atoms with E-state index in [9.17, 15) is 18.8 Å². The maximum atomic E-state index is 13.9. The third kappa shape index (κ3) is 2.32. The average Bonchev–Trinajstić information content (AvgIpc) is 3.02. The number of hydrogen-bond acceptors (Lipinski definition) is 4. The van der Waals surface area contributed by atoms with Crippen LogP contribution in [0.15, 0.2) is 12.1 Å². The molecule has 1 fully saturated rings. The number of Topliss-reactive ketones (excluding diaryl/α,β-unsaturated/α-hetero) is 1. The molecule has 1 aromatic rings. The Labute approximate surface area is 126 Å². The SMILES string of the molecule is C[C@@H]1CC(=O)c2c(OCC(=O)N3CCNC3=O)ccc(F)c21. The smallest absolute Gasteiger partial charge is 0.324 e. The zero-order valence-corrected chi connectivity index (χ0v) is 12.0. The summed E-state index contributed by atoms with van der Waals surface area (Å²) in [5.74, 6) is -1.13. The molecule has 116 valence electrons. The zero-order valence-electron chi connectivity index (χ0n) is 12.0. The number of ether oxygens (including phenoxy) is 1. The minimum absolute atomic E-state index is 0.191. The monoisotopic (exact) mass is 306 g/mol. The number of halogens is 1. The molecular formula is C15H15FN2O4. The van der Waals surface area contributed by atoms with Gasteiger partial charge in [0.15, 0.2) is 12.4 Å². The van der Waals surface area contributed by atoms with Gasteiger partial charge >= 0.3 is 6.03 Å². The van der Waals surface area contributed by atoms with Gasteiger partial charge in [-0.3, -0.25) is 14.5 Å². The molecule has 1 aromatic carbocycles. The minimum Gasteiger partial charge on any atom is -0.483 e. The van der Waals surface area contributed by atoms with Crippen molar-refractivity contribution in [1.82, 2.24) is 10.2 Å². The second-order valence-corrected chi connectivity index (χ2v) is 5.43. The van der Waals surface area contributed by atoms with Gasteiger partial charge in [0, 0.05) is 25.1 Å². The fourth-order valence-corrected chi connectivity index (χ4v) is 2.87. The highest BCUT2D eigenvalue weighted by molar-refractivity contribution is 6.04. The molecule has 1 heterocycles. The Kier molecular flexibility index (Phi) is 3.56. The average molecular weight is 306 g/mol. The van der Waals surface area contributed by atoms with Crippen LogP contribution in [0, 0.1) is 5.82 Å². The largest absolute Gasteiger partial charge is 0.483 e. The Morgan fingerprint density at radius 2 is 2.23 bits per heavy atom. The predicted molar refractivity (Wildman–Crippen MR) is 74.4 cm³/mol. The van der Waals surface area contributed by atoms with Gasteiger partial charge in [0.1, 0.15) is 11.6 Å². The van der Waals surface area contributed by atoms with Crippen LogP contribution < -0.4 is 10.1 Å². The van der Waals surface area contributed by atoms with E-state index in [1.165, 1.54) is 12.1 Å². The third-order valence-electron chi connectivity index (χ3n) is 3.93. The van der Waals surface area contributed by atoms with E-state index in [2.05, 4.69) is 5.32 Å². The molecule has 0 unspecified atom stereocenters. The van der Waals surface area contributed by atoms with Crippen LogP contribution in [-0.2, 0) is 4.79 Å². The molecule has 1 aliphatic heterocycles. The lowest BCUT2D eigenvalue weighted by atomic mass is 10.0. The molecule has 6 nitrogen and oxygen atoms in total. The fourth-order valence-electron chi connectivity index (χ4n) is 2.87. The molecule has 0 aromatic heterocycles. The van der Waals surface area contributed by atoms with Crippen molar-refractivity contribution in [3.63, 3.8) is 0 Å². The van der Waals surface area contributed by atoms with E-state index < -0.39 is 17.8 Å². The molecule has 0 bridgehead atoms. The standard InChI is InChI=1S/C15H15FN2O4/c1-8-6-10(19)14-11(3-2-9(16)13(8)14)22-7-12(20)18-5-4-17-15(18)21/h2-3,8H,4-7H2,1H3,(H,17,21)/t8-/m1/s1. The number of nitrogens with zero attached hydrogens (tertiary/aromatic N) is 1. The number of hydrogen-bond donors (Lipinski definition) is 1. The van der Waals surface area contributed by atoms with Crippen LogP contribution in [0.2, 0.25) is 0 Å². The van der Waals surface area contributed by atoms with Gasteiger partial charge < -0.3 is 10.1 Å². The van der Waals surface area contributed by atoms with Crippen molar-refractivity contribution < 1.29 is 23.5 Å². The number of carbonyl (C=O) groups is 3. The highest BCUT2D eigenvalue weighted by Gasteiger charge is 2.33. The highest BCUT2D eigenvalue weighted by Crippen LogP contribution is 2.39. The quantitative estimate of drug-likeness (QED) is 0.917. The van der Waals surface area contributed by atoms with E-state index in [0.717, 1.165) is 4.90 Å². The summed E-state index contributed by atoms with van der Waals surface area (Å²) in [5.41, 5.74) is 0.556. The molecule has 0 spiro atoms. The van der Waals surface area contributed by atoms with Crippen molar-refractivity contribution in [2.24, 2.45) is 0 Å². The summed E-state index contributed by atoms with van der Waals surface area (Å²) in [6.45, 7) is 2.11. The summed E-state index contributed by atoms with van der Waals surface area (Å²) < 4.78 is 19.2. The molecular weight excluding hydrogens is 291 g/mol. The summed E-state index contributed by atoms with van der Waals surface area (Å²) in [6.07, 6.45) is 0.231. The molecule has 2 aliphatic rings. The first-order valence-electron chi connectivity index (χ1n) is 7.05. The predicted octanol–water partition coefficient (Wildman–Crippen LogP) is 1.45. The lowest BCUT2D eigenvalue weighted by Gasteiger charge is -2.14. The Bertz CT molecular complexity index is 674. The third-order valence-corrected chi connectivity index (χ3v) is 3.93. The maximum Gasteiger partial charge on any atom is 0.324 e. The lowest BCUT2D eigenvalue weighted by molar-refractivity contribution is -0.129. The molecule has 1 saturated heterocycles. The van der Waals surface area contributed by atoms with Crippen molar-refractivity contribution in [3.8, 4) is 5.75 Å². The molecule has 0 saturated carbocycles. The lowest BCUT2D eigenvalue weighted by Crippen LogP contribution is -2.37. The summed E-state index contributed by atoms with van der Waals surface area (Å²) in [4.78, 5) is 36.4. The first-order valence-corrected chi connectivity index (χ1v) is 7.05. The second-order valence-electron chi connectivity index (χ2n) is 5.43. The van der Waals surface area contributed by atoms with E-state index in [4.69, 9.17) is 4.74 Å². The molecule has 0 radical (unpaired) electrons. The number of rotatable bonds is 3. The van der Waals surface area contributed by atoms with Gasteiger partial charge in [0.2, 0.25) is 0 Å². The summed E-state index contributed by atoms with van der Waals surface area (Å²) in [6, 6.07) is 2.13. The number of nitrogens with one attached hydrogen (secondary N) is 1. The van der Waals surface area contributed by atoms with E-state index in [1.54, 1.807) is 6.92 Å². The van der Waals surface area contributed by atoms with Crippen LogP contribution in [0.4, 0.5) is 9.18 Å². The molecule has 1 atom stereocenters. The second kappa shape index (κ2) is 5.40. The van der Waals surface area contributed by atoms with Crippen molar-refractivity contribution in [2.75, 3.05) is 19.7 Å². The first-order chi connectivity index (χ1) is 10.5. The number of fused-ring (bicyclic) bond motifs is 1. The number of benzene rings is 1. The van der Waals surface area contributed by atoms with Crippen molar-refractivity contribution in [3.05, 3.63) is 29.1 Å². The van der Waals surface area contributed by atoms with Crippen LogP contribution in [0.25, 0.3) is 0 Å². The molecule has 1 N–H and O–H groups in total. The Morgan fingerprint density at radius 1 is 1.45 bits per heavy atom. The first kappa shape index (κ1) is 14.5. The van der Waals surface area contributed by atoms with Crippen LogP contribution in [0.5, 0.6) is 5.75 Å². The zero-order chi connectivity index (χ0) is 15.9. The summed E-state index contributed by atoms with van der Waals surface area (Å²) >= 11 is 0. The minimum atomic E-state index is -0.494. The number of urea groups is 1. The normalized spacial score (nSPS) is 20.1. The number of carbonyl (C=O) groups excluding carboxylic acids is 3. The van der Waals surface area contributed by atoms with Gasteiger partial charge in [-0.15, -0.1) is 0 Å². The van der Waals surface area contributed by atoms with Gasteiger partial charge in [-0.1, -0.05) is 6.92 Å². The summed E-state index contributed by atoms with van der Waals surface area (Å²) in [7, 11) is 0. The Morgan fingerprint density at radius 3 is 2.91 bits per heavy atom. The summed E-state index contributed by atoms with van der Waals surface area (Å²) in [5, 5.41) is 2.52. The molecule has 22 heavy (non-hydrogen) atoms. The van der Waals surface area contributed by atoms with E-state index >= 15 is 0 Å². The van der Waals surface area contributed by atoms with Crippen LogP contribution >= 0.6 is 0 Å². The van der Waals surface area contributed by atoms with Gasteiger partial charge in [-0.2, -0.15) is 0 Å². The Balaban J connectivity index is 1.78. The van der Waals surface area contributed by atoms with E-state index in [1.807, 2.05) is 0 Å². The van der Waals surface area contributed by atoms with Gasteiger partial charge in [0.05, 0.1) is 5.56 Å². The maximum absolute atomic E-state index is 13.9. The van der Waals surface area contributed by atoms with Crippen molar-refractivity contribution in [1.29, 1.82) is 0 Å². The van der Waals surface area contributed by atoms with E-state index in [0.29, 0.717) is 18.7 Å². The number of ketones is 1. The molecule has 3 amide bonds. The van der Waals surface area contributed by atoms with Crippen molar-refractivity contribution >= 4 is 17.7 Å². The van der Waals surface area contributed by atoms with Crippen molar-refractivity contribution in [2.45, 2.75) is 19.3 Å².